The third kappa shape index (κ3) is 11.8. The Labute approximate surface area is 557 Å². The first-order valence-electron chi connectivity index (χ1n) is 33.8. The minimum absolute atomic E-state index is 0.0478. The van der Waals surface area contributed by atoms with Gasteiger partial charge in [0.15, 0.2) is 0 Å². The molecular formula is C90H93BN2. The lowest BCUT2D eigenvalue weighted by atomic mass is 9.33. The van der Waals surface area contributed by atoms with Gasteiger partial charge in [0.2, 0.25) is 0 Å². The Morgan fingerprint density at radius 2 is 0.473 bits per heavy atom. The van der Waals surface area contributed by atoms with Gasteiger partial charge in [0.1, 0.15) is 0 Å². The first-order valence-corrected chi connectivity index (χ1v) is 33.8. The van der Waals surface area contributed by atoms with Crippen LogP contribution in [0.15, 0.2) is 237 Å². The summed E-state index contributed by atoms with van der Waals surface area (Å²) in [5.41, 5.74) is 33.1. The molecule has 2 heterocycles. The van der Waals surface area contributed by atoms with E-state index in [0.29, 0.717) is 0 Å². The van der Waals surface area contributed by atoms with Crippen LogP contribution in [0.5, 0.6) is 0 Å². The van der Waals surface area contributed by atoms with Gasteiger partial charge >= 0.3 is 0 Å². The molecule has 11 aromatic carbocycles. The molecule has 0 amide bonds. The summed E-state index contributed by atoms with van der Waals surface area (Å²) in [5.74, 6) is 0. The van der Waals surface area contributed by atoms with Crippen molar-refractivity contribution in [3.8, 4) is 66.8 Å². The maximum Gasteiger partial charge on any atom is 0.252 e. The molecule has 2 nitrogen and oxygen atoms in total. The summed E-state index contributed by atoms with van der Waals surface area (Å²) < 4.78 is 0. The Bertz CT molecular complexity index is 4310. The Morgan fingerprint density at radius 1 is 0.204 bits per heavy atom. The van der Waals surface area contributed by atoms with Gasteiger partial charge in [-0.1, -0.05) is 325 Å². The molecule has 466 valence electrons. The van der Waals surface area contributed by atoms with E-state index in [1.165, 1.54) is 139 Å². The Balaban J connectivity index is 1.10. The van der Waals surface area contributed by atoms with Crippen molar-refractivity contribution in [3.63, 3.8) is 0 Å². The first kappa shape index (κ1) is 62.9. The second-order valence-electron chi connectivity index (χ2n) is 32.7. The predicted molar refractivity (Wildman–Crippen MR) is 405 cm³/mol. The van der Waals surface area contributed by atoms with Gasteiger partial charge in [0, 0.05) is 33.9 Å². The van der Waals surface area contributed by atoms with Crippen LogP contribution in [0.3, 0.4) is 0 Å². The summed E-state index contributed by atoms with van der Waals surface area (Å²) in [6.45, 7) is 41.8. The zero-order valence-corrected chi connectivity index (χ0v) is 58.5. The zero-order chi connectivity index (χ0) is 65.9. The molecule has 93 heavy (non-hydrogen) atoms. The number of nitrogens with zero attached hydrogens (tertiary/aromatic N) is 2. The van der Waals surface area contributed by atoms with Crippen LogP contribution in [0.25, 0.3) is 66.8 Å². The van der Waals surface area contributed by atoms with E-state index in [2.05, 4.69) is 371 Å². The van der Waals surface area contributed by atoms with Crippen molar-refractivity contribution >= 4 is 57.2 Å². The van der Waals surface area contributed by atoms with E-state index in [-0.39, 0.29) is 39.2 Å². The maximum absolute atomic E-state index is 2.64. The minimum Gasteiger partial charge on any atom is -0.311 e. The van der Waals surface area contributed by atoms with Crippen molar-refractivity contribution in [2.24, 2.45) is 0 Å². The first-order chi connectivity index (χ1) is 43.9. The van der Waals surface area contributed by atoms with Crippen LogP contribution in [0, 0.1) is 0 Å². The number of fused-ring (bicyclic) bond motifs is 4. The molecule has 0 unspecified atom stereocenters. The standard InChI is InChI=1S/C90H93BN2/c1-85(2,3)64-44-38-58(39-45-64)70-28-19-21-30-72(70)60-42-48-76-82(54-60)92(78-34-25-23-32-74(78)62-50-66(87(7,8)9)56-67(51-62)88(10,11)12)80-36-27-37-81-84(80)91(76)77-49-43-61(73-31-22-20-29-71(73)59-40-46-65(47-41-59)86(4,5)6)55-83(77)93(81)79-35-26-24-33-75(79)63-52-68(89(13,14)15)57-69(53-63)90(16,17)18/h19-57H,1-18H3. The fraction of sp³-hybridized carbons (Fsp3) is 0.267. The smallest absolute Gasteiger partial charge is 0.252 e. The van der Waals surface area contributed by atoms with Gasteiger partial charge in [-0.05, 0) is 174 Å². The number of hydrogen-bond donors (Lipinski definition) is 0. The van der Waals surface area contributed by atoms with E-state index in [4.69, 9.17) is 0 Å². The van der Waals surface area contributed by atoms with Gasteiger partial charge in [-0.2, -0.15) is 0 Å². The highest BCUT2D eigenvalue weighted by Gasteiger charge is 2.44. The van der Waals surface area contributed by atoms with E-state index in [9.17, 15) is 0 Å². The molecule has 0 N–H and O–H groups in total. The maximum atomic E-state index is 2.64. The summed E-state index contributed by atoms with van der Waals surface area (Å²) in [6, 6.07) is 91.7. The van der Waals surface area contributed by atoms with Crippen LogP contribution in [0.1, 0.15) is 158 Å². The third-order valence-corrected chi connectivity index (χ3v) is 19.8. The summed E-state index contributed by atoms with van der Waals surface area (Å²) in [4.78, 5) is 5.27. The van der Waals surface area contributed by atoms with Crippen molar-refractivity contribution < 1.29 is 0 Å². The lowest BCUT2D eigenvalue weighted by Gasteiger charge is -2.45. The van der Waals surface area contributed by atoms with E-state index >= 15 is 0 Å². The quantitative estimate of drug-likeness (QED) is 0.140. The summed E-state index contributed by atoms with van der Waals surface area (Å²) >= 11 is 0. The number of anilines is 6. The summed E-state index contributed by atoms with van der Waals surface area (Å²) in [6.07, 6.45) is 0. The van der Waals surface area contributed by atoms with Gasteiger partial charge < -0.3 is 9.80 Å². The molecule has 0 radical (unpaired) electrons. The van der Waals surface area contributed by atoms with E-state index in [1.54, 1.807) is 0 Å². The number of benzene rings is 11. The van der Waals surface area contributed by atoms with Crippen LogP contribution < -0.4 is 26.2 Å². The molecule has 0 aromatic heterocycles. The van der Waals surface area contributed by atoms with Crippen molar-refractivity contribution in [2.75, 3.05) is 9.80 Å². The molecule has 13 rings (SSSR count). The molecule has 0 fully saturated rings. The molecule has 0 saturated heterocycles. The van der Waals surface area contributed by atoms with Crippen molar-refractivity contribution in [3.05, 3.63) is 270 Å². The molecule has 2 aliphatic heterocycles. The van der Waals surface area contributed by atoms with Crippen LogP contribution in [-0.2, 0) is 32.5 Å². The molecule has 0 spiro atoms. The average Bonchev–Trinajstić information content (AvgIpc) is 0.697. The van der Waals surface area contributed by atoms with Crippen LogP contribution in [0.2, 0.25) is 0 Å². The third-order valence-electron chi connectivity index (χ3n) is 19.8. The molecule has 11 aromatic rings. The molecule has 3 heteroatoms. The van der Waals surface area contributed by atoms with E-state index < -0.39 is 0 Å². The monoisotopic (exact) mass is 1210 g/mol. The molecule has 2 aliphatic rings. The van der Waals surface area contributed by atoms with Crippen LogP contribution in [0.4, 0.5) is 34.1 Å². The van der Waals surface area contributed by atoms with Gasteiger partial charge in [-0.25, -0.2) is 0 Å². The van der Waals surface area contributed by atoms with Gasteiger partial charge in [0.25, 0.3) is 6.71 Å². The zero-order valence-electron chi connectivity index (χ0n) is 58.5. The Morgan fingerprint density at radius 3 is 0.785 bits per heavy atom. The highest BCUT2D eigenvalue weighted by atomic mass is 15.2. The fourth-order valence-electron chi connectivity index (χ4n) is 14.2. The van der Waals surface area contributed by atoms with Crippen LogP contribution >= 0.6 is 0 Å². The number of hydrogen-bond acceptors (Lipinski definition) is 2. The van der Waals surface area contributed by atoms with Gasteiger partial charge in [-0.15, -0.1) is 0 Å². The molecule has 0 saturated carbocycles. The largest absolute Gasteiger partial charge is 0.311 e. The second kappa shape index (κ2) is 23.0. The Hall–Kier alpha value is -8.92. The lowest BCUT2D eigenvalue weighted by molar-refractivity contribution is 0.568. The molecule has 0 atom stereocenters. The average molecular weight is 1210 g/mol. The van der Waals surface area contributed by atoms with Crippen molar-refractivity contribution in [2.45, 2.75) is 157 Å². The highest BCUT2D eigenvalue weighted by Crippen LogP contribution is 2.51. The SMILES string of the molecule is CC(C)(C)c1ccc(-c2ccccc2-c2ccc3c(c2)N(c2ccccc2-c2cc(C(C)(C)C)cc(C(C)(C)C)c2)c2cccc4c2B3c2ccc(-c3ccccc3-c3ccc(C(C)(C)C)cc3)cc2N4c2ccccc2-c2cc(C(C)(C)C)cc(C(C)(C)C)c2)cc1. The molecule has 0 bridgehead atoms. The number of rotatable bonds is 8. The van der Waals surface area contributed by atoms with E-state index in [0.717, 1.165) is 11.4 Å². The fourth-order valence-corrected chi connectivity index (χ4v) is 14.2. The minimum atomic E-state index is -0.120. The van der Waals surface area contributed by atoms with Gasteiger partial charge in [-0.3, -0.25) is 0 Å². The Kier molecular flexibility index (Phi) is 15.5. The highest BCUT2D eigenvalue weighted by molar-refractivity contribution is 7.00. The molecular weight excluding hydrogens is 1120 g/mol. The van der Waals surface area contributed by atoms with Crippen molar-refractivity contribution in [1.29, 1.82) is 0 Å². The second-order valence-corrected chi connectivity index (χ2v) is 32.7. The van der Waals surface area contributed by atoms with Crippen molar-refractivity contribution in [1.82, 2.24) is 0 Å². The normalized spacial score (nSPS) is 13.4. The molecule has 0 aliphatic carbocycles. The lowest BCUT2D eigenvalue weighted by Crippen LogP contribution is -2.61. The predicted octanol–water partition coefficient (Wildman–Crippen LogP) is 23.6. The van der Waals surface area contributed by atoms with E-state index in [1.807, 2.05) is 0 Å². The topological polar surface area (TPSA) is 6.48 Å². The summed E-state index contributed by atoms with van der Waals surface area (Å²) in [5, 5.41) is 0. The summed E-state index contributed by atoms with van der Waals surface area (Å²) in [7, 11) is 0. The van der Waals surface area contributed by atoms with Gasteiger partial charge in [0.05, 0.1) is 11.4 Å². The number of para-hydroxylation sites is 2. The van der Waals surface area contributed by atoms with Crippen LogP contribution in [-0.4, -0.2) is 6.71 Å².